The maximum Gasteiger partial charge on any atom is 0.143 e. The Hall–Kier alpha value is -0.410. The Morgan fingerprint density at radius 3 is 3.00 bits per heavy atom. The zero-order valence-corrected chi connectivity index (χ0v) is 7.05. The molecule has 11 heavy (non-hydrogen) atoms. The van der Waals surface area contributed by atoms with Crippen LogP contribution in [0.15, 0.2) is 0 Å². The quantitative estimate of drug-likeness (QED) is 0.612. The van der Waals surface area contributed by atoms with Crippen molar-refractivity contribution < 1.29 is 4.79 Å². The molecule has 0 radical (unpaired) electrons. The molecule has 0 unspecified atom stereocenters. The summed E-state index contributed by atoms with van der Waals surface area (Å²) in [6.07, 6.45) is 2.24. The molecule has 0 bridgehead atoms. The minimum absolute atomic E-state index is 0.235. The van der Waals surface area contributed by atoms with Gasteiger partial charge in [0.25, 0.3) is 0 Å². The Labute approximate surface area is 67.5 Å². The van der Waals surface area contributed by atoms with Crippen LogP contribution in [0.25, 0.3) is 0 Å². The lowest BCUT2D eigenvalue weighted by atomic mass is 10.1. The molecule has 0 aromatic heterocycles. The topological polar surface area (TPSA) is 46.3 Å². The van der Waals surface area contributed by atoms with Crippen molar-refractivity contribution in [2.75, 3.05) is 19.6 Å². The van der Waals surface area contributed by atoms with E-state index in [1.165, 1.54) is 0 Å². The van der Waals surface area contributed by atoms with Crippen LogP contribution in [-0.2, 0) is 4.79 Å². The van der Waals surface area contributed by atoms with Crippen LogP contribution < -0.4 is 5.73 Å². The molecule has 0 aromatic rings. The second-order valence-electron chi connectivity index (χ2n) is 3.34. The summed E-state index contributed by atoms with van der Waals surface area (Å²) in [4.78, 5) is 12.9. The smallest absolute Gasteiger partial charge is 0.143 e. The van der Waals surface area contributed by atoms with Gasteiger partial charge in [-0.25, -0.2) is 0 Å². The Kier molecular flexibility index (Phi) is 3.02. The highest BCUT2D eigenvalue weighted by Gasteiger charge is 2.16. The number of ketones is 1. The number of Topliss-reactive ketones (excluding diaryl/α,β-unsaturated/α-hetero) is 1. The Morgan fingerprint density at radius 1 is 1.73 bits per heavy atom. The van der Waals surface area contributed by atoms with E-state index in [0.717, 1.165) is 25.9 Å². The summed E-state index contributed by atoms with van der Waals surface area (Å²) < 4.78 is 0. The molecule has 1 aliphatic heterocycles. The lowest BCUT2D eigenvalue weighted by Gasteiger charge is -2.29. The zero-order chi connectivity index (χ0) is 8.27. The number of piperidine rings is 1. The van der Waals surface area contributed by atoms with Gasteiger partial charge in [0, 0.05) is 12.6 Å². The first kappa shape index (κ1) is 8.68. The van der Waals surface area contributed by atoms with Gasteiger partial charge in [-0.2, -0.15) is 0 Å². The van der Waals surface area contributed by atoms with Crippen LogP contribution in [0.1, 0.15) is 19.8 Å². The lowest BCUT2D eigenvalue weighted by molar-refractivity contribution is -0.118. The molecule has 0 amide bonds. The van der Waals surface area contributed by atoms with E-state index >= 15 is 0 Å². The fourth-order valence-corrected chi connectivity index (χ4v) is 1.55. The number of hydrogen-bond acceptors (Lipinski definition) is 3. The van der Waals surface area contributed by atoms with Gasteiger partial charge in [0.05, 0.1) is 6.54 Å². The third-order valence-electron chi connectivity index (χ3n) is 1.99. The van der Waals surface area contributed by atoms with Gasteiger partial charge in [0.15, 0.2) is 0 Å². The van der Waals surface area contributed by atoms with Crippen molar-refractivity contribution in [1.82, 2.24) is 4.90 Å². The van der Waals surface area contributed by atoms with E-state index in [2.05, 4.69) is 4.90 Å². The molecular formula is C8H16N2O. The SMILES string of the molecule is CC(=O)CN1CCC[C@@H](N)C1. The number of carbonyl (C=O) groups excluding carboxylic acids is 1. The first-order valence-corrected chi connectivity index (χ1v) is 4.16. The normalized spacial score (nSPS) is 26.9. The van der Waals surface area contributed by atoms with E-state index in [0.29, 0.717) is 6.54 Å². The molecule has 0 aromatic carbocycles. The summed E-state index contributed by atoms with van der Waals surface area (Å²) in [5.41, 5.74) is 5.75. The van der Waals surface area contributed by atoms with Crippen LogP contribution in [-0.4, -0.2) is 36.4 Å². The Bertz CT molecular complexity index is 147. The summed E-state index contributed by atoms with van der Waals surface area (Å²) >= 11 is 0. The van der Waals surface area contributed by atoms with Gasteiger partial charge >= 0.3 is 0 Å². The number of nitrogens with zero attached hydrogens (tertiary/aromatic N) is 1. The Morgan fingerprint density at radius 2 is 2.45 bits per heavy atom. The number of carbonyl (C=O) groups is 1. The van der Waals surface area contributed by atoms with E-state index < -0.39 is 0 Å². The largest absolute Gasteiger partial charge is 0.327 e. The summed E-state index contributed by atoms with van der Waals surface area (Å²) in [6, 6.07) is 0.281. The monoisotopic (exact) mass is 156 g/mol. The summed E-state index contributed by atoms with van der Waals surface area (Å²) in [6.45, 7) is 4.13. The van der Waals surface area contributed by atoms with Crippen LogP contribution in [0.4, 0.5) is 0 Å². The average molecular weight is 156 g/mol. The standard InChI is InChI=1S/C8H16N2O/c1-7(11)5-10-4-2-3-8(9)6-10/h8H,2-6,9H2,1H3/t8-/m1/s1. The predicted octanol–water partition coefficient (Wildman–Crippen LogP) is -0.00150. The lowest BCUT2D eigenvalue weighted by Crippen LogP contribution is -2.44. The van der Waals surface area contributed by atoms with Crippen LogP contribution in [0, 0.1) is 0 Å². The minimum atomic E-state index is 0.235. The first-order valence-electron chi connectivity index (χ1n) is 4.16. The number of rotatable bonds is 2. The highest BCUT2D eigenvalue weighted by atomic mass is 16.1. The third-order valence-corrected chi connectivity index (χ3v) is 1.99. The van der Waals surface area contributed by atoms with Crippen molar-refractivity contribution in [3.05, 3.63) is 0 Å². The predicted molar refractivity (Wildman–Crippen MR) is 44.3 cm³/mol. The minimum Gasteiger partial charge on any atom is -0.327 e. The molecular weight excluding hydrogens is 140 g/mol. The highest BCUT2D eigenvalue weighted by Crippen LogP contribution is 2.07. The van der Waals surface area contributed by atoms with Gasteiger partial charge in [-0.05, 0) is 26.3 Å². The van der Waals surface area contributed by atoms with Crippen molar-refractivity contribution in [2.45, 2.75) is 25.8 Å². The van der Waals surface area contributed by atoms with Crippen LogP contribution in [0.3, 0.4) is 0 Å². The van der Waals surface area contributed by atoms with E-state index in [1.807, 2.05) is 0 Å². The summed E-state index contributed by atoms with van der Waals surface area (Å²) in [5.74, 6) is 0.235. The molecule has 1 atom stereocenters. The van der Waals surface area contributed by atoms with Crippen molar-refractivity contribution in [2.24, 2.45) is 5.73 Å². The average Bonchev–Trinajstić information content (AvgIpc) is 1.85. The molecule has 1 fully saturated rings. The van der Waals surface area contributed by atoms with Gasteiger partial charge in [-0.1, -0.05) is 0 Å². The fourth-order valence-electron chi connectivity index (χ4n) is 1.55. The maximum absolute atomic E-state index is 10.7. The van der Waals surface area contributed by atoms with Gasteiger partial charge in [-0.15, -0.1) is 0 Å². The molecule has 1 heterocycles. The van der Waals surface area contributed by atoms with Crippen molar-refractivity contribution in [1.29, 1.82) is 0 Å². The molecule has 0 spiro atoms. The molecule has 1 rings (SSSR count). The van der Waals surface area contributed by atoms with Crippen molar-refractivity contribution >= 4 is 5.78 Å². The van der Waals surface area contributed by atoms with Crippen LogP contribution in [0.2, 0.25) is 0 Å². The zero-order valence-electron chi connectivity index (χ0n) is 7.05. The van der Waals surface area contributed by atoms with E-state index in [4.69, 9.17) is 5.73 Å². The number of nitrogens with two attached hydrogens (primary N) is 1. The fraction of sp³-hybridized carbons (Fsp3) is 0.875. The molecule has 1 aliphatic rings. The molecule has 3 nitrogen and oxygen atoms in total. The van der Waals surface area contributed by atoms with Crippen LogP contribution >= 0.6 is 0 Å². The van der Waals surface area contributed by atoms with Gasteiger partial charge in [-0.3, -0.25) is 9.69 Å². The van der Waals surface area contributed by atoms with Gasteiger partial charge in [0.2, 0.25) is 0 Å². The second-order valence-corrected chi connectivity index (χ2v) is 3.34. The first-order chi connectivity index (χ1) is 5.18. The Balaban J connectivity index is 2.28. The van der Waals surface area contributed by atoms with Gasteiger partial charge in [0.1, 0.15) is 5.78 Å². The third kappa shape index (κ3) is 2.99. The second kappa shape index (κ2) is 3.83. The van der Waals surface area contributed by atoms with E-state index in [1.54, 1.807) is 6.92 Å². The number of likely N-dealkylation sites (tertiary alicyclic amines) is 1. The highest BCUT2D eigenvalue weighted by molar-refractivity contribution is 5.77. The molecule has 64 valence electrons. The van der Waals surface area contributed by atoms with E-state index in [9.17, 15) is 4.79 Å². The van der Waals surface area contributed by atoms with Crippen LogP contribution in [0.5, 0.6) is 0 Å². The summed E-state index contributed by atoms with van der Waals surface area (Å²) in [7, 11) is 0. The summed E-state index contributed by atoms with van der Waals surface area (Å²) in [5, 5.41) is 0. The molecule has 1 saturated heterocycles. The van der Waals surface area contributed by atoms with Crippen molar-refractivity contribution in [3.8, 4) is 0 Å². The molecule has 0 aliphatic carbocycles. The van der Waals surface area contributed by atoms with Gasteiger partial charge < -0.3 is 5.73 Å². The molecule has 2 N–H and O–H groups in total. The van der Waals surface area contributed by atoms with Crippen molar-refractivity contribution in [3.63, 3.8) is 0 Å². The molecule has 3 heteroatoms. The number of hydrogen-bond donors (Lipinski definition) is 1. The maximum atomic E-state index is 10.7. The molecule has 0 saturated carbocycles. The van der Waals surface area contributed by atoms with E-state index in [-0.39, 0.29) is 11.8 Å².